The third-order valence-corrected chi connectivity index (χ3v) is 4.17. The number of morpholine rings is 1. The van der Waals surface area contributed by atoms with Gasteiger partial charge in [0, 0.05) is 13.1 Å². The average molecular weight is 263 g/mol. The van der Waals surface area contributed by atoms with Crippen LogP contribution in [-0.4, -0.2) is 40.4 Å². The van der Waals surface area contributed by atoms with Crippen molar-refractivity contribution in [1.82, 2.24) is 4.90 Å². The highest BCUT2D eigenvalue weighted by atomic mass is 16.5. The molecule has 1 fully saturated rings. The highest BCUT2D eigenvalue weighted by Crippen LogP contribution is 2.32. The average Bonchev–Trinajstić information content (AvgIpc) is 2.35. The van der Waals surface area contributed by atoms with Gasteiger partial charge in [0.2, 0.25) is 0 Å². The molecule has 1 N–H and O–H groups in total. The summed E-state index contributed by atoms with van der Waals surface area (Å²) in [6.45, 7) is 10.4. The number of ether oxygens (including phenoxy) is 1. The summed E-state index contributed by atoms with van der Waals surface area (Å²) >= 11 is 0. The molecule has 2 atom stereocenters. The van der Waals surface area contributed by atoms with E-state index >= 15 is 0 Å². The zero-order chi connectivity index (χ0) is 14.1. The molecule has 2 rings (SSSR count). The molecule has 0 unspecified atom stereocenters. The Morgan fingerprint density at radius 1 is 1.26 bits per heavy atom. The molecule has 0 spiro atoms. The Bertz CT molecular complexity index is 416. The quantitative estimate of drug-likeness (QED) is 0.909. The summed E-state index contributed by atoms with van der Waals surface area (Å²) in [6.07, 6.45) is -0.424. The van der Waals surface area contributed by atoms with Crippen LogP contribution >= 0.6 is 0 Å². The van der Waals surface area contributed by atoms with Gasteiger partial charge in [0.15, 0.2) is 0 Å². The van der Waals surface area contributed by atoms with Crippen molar-refractivity contribution in [3.8, 4) is 0 Å². The number of rotatable bonds is 3. The highest BCUT2D eigenvalue weighted by molar-refractivity contribution is 5.15. The van der Waals surface area contributed by atoms with Gasteiger partial charge in [0.05, 0.1) is 23.9 Å². The Morgan fingerprint density at radius 3 is 2.47 bits per heavy atom. The molecule has 106 valence electrons. The minimum Gasteiger partial charge on any atom is -0.391 e. The van der Waals surface area contributed by atoms with Gasteiger partial charge in [0.25, 0.3) is 0 Å². The zero-order valence-corrected chi connectivity index (χ0v) is 12.4. The van der Waals surface area contributed by atoms with Crippen LogP contribution in [0.3, 0.4) is 0 Å². The van der Waals surface area contributed by atoms with E-state index in [2.05, 4.69) is 49.9 Å². The van der Waals surface area contributed by atoms with E-state index in [1.54, 1.807) is 0 Å². The second-order valence-electron chi connectivity index (χ2n) is 6.42. The molecule has 1 saturated heterocycles. The summed E-state index contributed by atoms with van der Waals surface area (Å²) in [7, 11) is 0. The van der Waals surface area contributed by atoms with Gasteiger partial charge < -0.3 is 9.84 Å². The van der Waals surface area contributed by atoms with Crippen LogP contribution in [0.5, 0.6) is 0 Å². The van der Waals surface area contributed by atoms with Gasteiger partial charge in [-0.3, -0.25) is 4.90 Å². The first-order valence-electron chi connectivity index (χ1n) is 6.94. The summed E-state index contributed by atoms with van der Waals surface area (Å²) in [6, 6.07) is 10.4. The number of aliphatic hydroxyl groups is 1. The molecule has 1 heterocycles. The first-order valence-corrected chi connectivity index (χ1v) is 6.94. The van der Waals surface area contributed by atoms with Gasteiger partial charge in [-0.05, 0) is 33.3 Å². The number of hydrogen-bond donors (Lipinski definition) is 1. The number of hydrogen-bond acceptors (Lipinski definition) is 3. The fourth-order valence-electron chi connectivity index (χ4n) is 2.54. The van der Waals surface area contributed by atoms with Gasteiger partial charge in [-0.25, -0.2) is 0 Å². The first kappa shape index (κ1) is 14.5. The van der Waals surface area contributed by atoms with E-state index in [-0.39, 0.29) is 11.1 Å². The van der Waals surface area contributed by atoms with Crippen molar-refractivity contribution >= 4 is 0 Å². The normalized spacial score (nSPS) is 29.1. The number of nitrogens with zero attached hydrogens (tertiary/aromatic N) is 1. The van der Waals surface area contributed by atoms with E-state index in [0.29, 0.717) is 6.61 Å². The van der Waals surface area contributed by atoms with E-state index in [0.717, 1.165) is 13.1 Å². The molecule has 0 bridgehead atoms. The SMILES string of the molecule is C[C@H](O)[C@]1(C)COC(C)(C)CN1Cc1ccccc1. The molecule has 0 amide bonds. The summed E-state index contributed by atoms with van der Waals surface area (Å²) < 4.78 is 5.91. The molecule has 3 heteroatoms. The van der Waals surface area contributed by atoms with E-state index in [1.165, 1.54) is 5.56 Å². The second-order valence-corrected chi connectivity index (χ2v) is 6.42. The van der Waals surface area contributed by atoms with Crippen molar-refractivity contribution in [2.24, 2.45) is 0 Å². The van der Waals surface area contributed by atoms with Gasteiger partial charge in [-0.1, -0.05) is 30.3 Å². The fraction of sp³-hybridized carbons (Fsp3) is 0.625. The van der Waals surface area contributed by atoms with Crippen LogP contribution in [-0.2, 0) is 11.3 Å². The molecule has 0 radical (unpaired) electrons. The topological polar surface area (TPSA) is 32.7 Å². The maximum absolute atomic E-state index is 10.1. The molecular formula is C16H25NO2. The largest absolute Gasteiger partial charge is 0.391 e. The van der Waals surface area contributed by atoms with Crippen molar-refractivity contribution < 1.29 is 9.84 Å². The molecule has 1 aromatic rings. The molecule has 0 aromatic heterocycles. The summed E-state index contributed by atoms with van der Waals surface area (Å²) in [4.78, 5) is 2.34. The van der Waals surface area contributed by atoms with E-state index in [4.69, 9.17) is 4.74 Å². The van der Waals surface area contributed by atoms with Crippen molar-refractivity contribution in [3.63, 3.8) is 0 Å². The fourth-order valence-corrected chi connectivity index (χ4v) is 2.54. The van der Waals surface area contributed by atoms with Gasteiger partial charge >= 0.3 is 0 Å². The van der Waals surface area contributed by atoms with Gasteiger partial charge in [-0.2, -0.15) is 0 Å². The van der Waals surface area contributed by atoms with Crippen LogP contribution in [0.4, 0.5) is 0 Å². The van der Waals surface area contributed by atoms with Crippen molar-refractivity contribution in [1.29, 1.82) is 0 Å². The lowest BCUT2D eigenvalue weighted by molar-refractivity contribution is -0.179. The van der Waals surface area contributed by atoms with Crippen LogP contribution in [0.25, 0.3) is 0 Å². The van der Waals surface area contributed by atoms with Crippen LogP contribution in [0.1, 0.15) is 33.3 Å². The number of aliphatic hydroxyl groups excluding tert-OH is 1. The Morgan fingerprint density at radius 2 is 1.89 bits per heavy atom. The molecule has 0 saturated carbocycles. The molecule has 1 aliphatic rings. The molecule has 1 aromatic carbocycles. The predicted molar refractivity (Wildman–Crippen MR) is 77.0 cm³/mol. The van der Waals surface area contributed by atoms with Gasteiger partial charge in [0.1, 0.15) is 0 Å². The maximum Gasteiger partial charge on any atom is 0.0754 e. The third kappa shape index (κ3) is 3.16. The number of benzene rings is 1. The lowest BCUT2D eigenvalue weighted by Gasteiger charge is -2.51. The minimum absolute atomic E-state index is 0.164. The molecule has 19 heavy (non-hydrogen) atoms. The Kier molecular flexibility index (Phi) is 4.00. The predicted octanol–water partition coefficient (Wildman–Crippen LogP) is 2.44. The Labute approximate surface area is 116 Å². The Balaban J connectivity index is 2.21. The summed E-state index contributed by atoms with van der Waals surface area (Å²) in [5, 5.41) is 10.1. The van der Waals surface area contributed by atoms with E-state index in [9.17, 15) is 5.11 Å². The van der Waals surface area contributed by atoms with Crippen LogP contribution in [0.2, 0.25) is 0 Å². The summed E-state index contributed by atoms with van der Waals surface area (Å²) in [5.74, 6) is 0. The maximum atomic E-state index is 10.1. The highest BCUT2D eigenvalue weighted by Gasteiger charge is 2.44. The Hall–Kier alpha value is -0.900. The smallest absolute Gasteiger partial charge is 0.0754 e. The van der Waals surface area contributed by atoms with E-state index < -0.39 is 6.10 Å². The molecule has 3 nitrogen and oxygen atoms in total. The van der Waals surface area contributed by atoms with Crippen molar-refractivity contribution in [2.45, 2.75) is 51.5 Å². The zero-order valence-electron chi connectivity index (χ0n) is 12.4. The lowest BCUT2D eigenvalue weighted by Crippen LogP contribution is -2.64. The standard InChI is InChI=1S/C16H25NO2/c1-13(18)16(4)12-19-15(2,3)11-17(16)10-14-8-6-5-7-9-14/h5-9,13,18H,10-12H2,1-4H3/t13-,16-/m0/s1. The minimum atomic E-state index is -0.424. The van der Waals surface area contributed by atoms with Crippen LogP contribution in [0, 0.1) is 0 Å². The lowest BCUT2D eigenvalue weighted by atomic mass is 9.89. The second kappa shape index (κ2) is 5.23. The monoisotopic (exact) mass is 263 g/mol. The third-order valence-electron chi connectivity index (χ3n) is 4.17. The molecule has 1 aliphatic heterocycles. The van der Waals surface area contributed by atoms with Crippen LogP contribution in [0.15, 0.2) is 30.3 Å². The van der Waals surface area contributed by atoms with Gasteiger partial charge in [-0.15, -0.1) is 0 Å². The molecular weight excluding hydrogens is 238 g/mol. The molecule has 0 aliphatic carbocycles. The summed E-state index contributed by atoms with van der Waals surface area (Å²) in [5.41, 5.74) is 0.779. The van der Waals surface area contributed by atoms with Crippen LogP contribution < -0.4 is 0 Å². The first-order chi connectivity index (χ1) is 8.83. The van der Waals surface area contributed by atoms with Crippen molar-refractivity contribution in [3.05, 3.63) is 35.9 Å². The van der Waals surface area contributed by atoms with E-state index in [1.807, 2.05) is 13.0 Å². The van der Waals surface area contributed by atoms with Crippen molar-refractivity contribution in [2.75, 3.05) is 13.2 Å².